The van der Waals surface area contributed by atoms with Crippen LogP contribution in [0.5, 0.6) is 0 Å². The van der Waals surface area contributed by atoms with Gasteiger partial charge in [-0.05, 0) is 23.9 Å². The molecule has 104 valence electrons. The van der Waals surface area contributed by atoms with E-state index in [2.05, 4.69) is 20.2 Å². The van der Waals surface area contributed by atoms with E-state index < -0.39 is 11.1 Å². The van der Waals surface area contributed by atoms with Gasteiger partial charge in [0.1, 0.15) is 5.03 Å². The maximum atomic E-state index is 11.2. The Bertz CT molecular complexity index is 764. The summed E-state index contributed by atoms with van der Waals surface area (Å²) in [7, 11) is 1.56. The first-order valence-corrected chi connectivity index (χ1v) is 6.12. The van der Waals surface area contributed by atoms with Crippen molar-refractivity contribution in [3.05, 3.63) is 44.6 Å². The number of oxime groups is 1. The Hall–Kier alpha value is -2.62. The molecule has 0 saturated carbocycles. The number of nitrogens with zero attached hydrogens (tertiary/aromatic N) is 4. The lowest BCUT2D eigenvalue weighted by Gasteiger charge is -2.05. The third kappa shape index (κ3) is 2.85. The monoisotopic (exact) mass is 294 g/mol. The summed E-state index contributed by atoms with van der Waals surface area (Å²) in [6.45, 7) is 0. The maximum Gasteiger partial charge on any atom is 0.339 e. The molecule has 0 aliphatic carbocycles. The summed E-state index contributed by atoms with van der Waals surface area (Å²) in [6, 6.07) is 3.23. The number of nitrogens with one attached hydrogen (secondary N) is 1. The highest BCUT2D eigenvalue weighted by molar-refractivity contribution is 7.99. The molecule has 2 rings (SSSR count). The summed E-state index contributed by atoms with van der Waals surface area (Å²) >= 11 is 1.09. The van der Waals surface area contributed by atoms with Crippen molar-refractivity contribution in [2.24, 2.45) is 17.9 Å². The first-order chi connectivity index (χ1) is 9.51. The van der Waals surface area contributed by atoms with Crippen LogP contribution in [0.1, 0.15) is 5.56 Å². The molecule has 4 N–H and O–H groups in total. The van der Waals surface area contributed by atoms with Crippen LogP contribution in [0.25, 0.3) is 0 Å². The second-order valence-corrected chi connectivity index (χ2v) is 4.66. The Morgan fingerprint density at radius 2 is 2.25 bits per heavy atom. The molecule has 9 nitrogen and oxygen atoms in total. The van der Waals surface area contributed by atoms with Gasteiger partial charge in [-0.1, -0.05) is 5.16 Å². The van der Waals surface area contributed by atoms with Gasteiger partial charge in [0.05, 0.1) is 0 Å². The lowest BCUT2D eigenvalue weighted by molar-refractivity contribution is 0.318. The number of pyridine rings is 1. The largest absolute Gasteiger partial charge is 0.409 e. The van der Waals surface area contributed by atoms with Crippen LogP contribution in [0.4, 0.5) is 0 Å². The fourth-order valence-electron chi connectivity index (χ4n) is 1.30. The molecule has 0 fully saturated rings. The third-order valence-corrected chi connectivity index (χ3v) is 3.28. The zero-order valence-corrected chi connectivity index (χ0v) is 11.1. The first kappa shape index (κ1) is 13.8. The quantitative estimate of drug-likeness (QED) is 0.219. The Balaban J connectivity index is 2.29. The number of H-pyrrole nitrogens is 1. The Labute approximate surface area is 116 Å². The van der Waals surface area contributed by atoms with Crippen LogP contribution in [0.15, 0.2) is 43.3 Å². The molecule has 0 radical (unpaired) electrons. The number of aromatic amines is 1. The van der Waals surface area contributed by atoms with Gasteiger partial charge in [0.15, 0.2) is 11.0 Å². The van der Waals surface area contributed by atoms with Crippen LogP contribution < -0.4 is 16.9 Å². The predicted octanol–water partition coefficient (Wildman–Crippen LogP) is -0.891. The molecule has 0 aliphatic rings. The molecule has 2 aromatic rings. The number of nitrogens with two attached hydrogens (primary N) is 1. The zero-order chi connectivity index (χ0) is 14.7. The van der Waals surface area contributed by atoms with Gasteiger partial charge in [0.2, 0.25) is 0 Å². The summed E-state index contributed by atoms with van der Waals surface area (Å²) in [6.07, 6.45) is 1.42. The van der Waals surface area contributed by atoms with Crippen LogP contribution in [0, 0.1) is 0 Å². The Morgan fingerprint density at radius 1 is 1.50 bits per heavy atom. The van der Waals surface area contributed by atoms with Crippen molar-refractivity contribution in [1.82, 2.24) is 19.7 Å². The molecular formula is C10H10N6O3S. The van der Waals surface area contributed by atoms with Gasteiger partial charge in [0, 0.05) is 18.8 Å². The normalized spacial score (nSPS) is 11.6. The molecule has 0 atom stereocenters. The number of aryl methyl sites for hydroxylation is 1. The predicted molar refractivity (Wildman–Crippen MR) is 71.0 cm³/mol. The molecule has 0 unspecified atom stereocenters. The summed E-state index contributed by atoms with van der Waals surface area (Å²) < 4.78 is 1.33. The lowest BCUT2D eigenvalue weighted by atomic mass is 10.3. The van der Waals surface area contributed by atoms with Crippen LogP contribution in [0.3, 0.4) is 0 Å². The Morgan fingerprint density at radius 3 is 2.85 bits per heavy atom. The number of hydrogen-bond acceptors (Lipinski definition) is 7. The van der Waals surface area contributed by atoms with Gasteiger partial charge < -0.3 is 10.9 Å². The summed E-state index contributed by atoms with van der Waals surface area (Å²) in [5.74, 6) is -0.0522. The molecule has 0 bridgehead atoms. The van der Waals surface area contributed by atoms with E-state index in [1.807, 2.05) is 0 Å². The molecule has 0 aromatic carbocycles. The topological polar surface area (TPSA) is 139 Å². The molecule has 0 spiro atoms. The van der Waals surface area contributed by atoms with Gasteiger partial charge in [0.25, 0.3) is 0 Å². The van der Waals surface area contributed by atoms with Crippen molar-refractivity contribution in [2.45, 2.75) is 10.2 Å². The van der Waals surface area contributed by atoms with Crippen LogP contribution >= 0.6 is 11.8 Å². The zero-order valence-electron chi connectivity index (χ0n) is 10.3. The number of amidine groups is 1. The van der Waals surface area contributed by atoms with Gasteiger partial charge >= 0.3 is 11.1 Å². The minimum Gasteiger partial charge on any atom is -0.409 e. The van der Waals surface area contributed by atoms with E-state index in [0.717, 1.165) is 11.8 Å². The highest BCUT2D eigenvalue weighted by atomic mass is 32.2. The Kier molecular flexibility index (Phi) is 3.84. The van der Waals surface area contributed by atoms with E-state index in [1.165, 1.54) is 10.9 Å². The molecule has 0 amide bonds. The molecule has 2 aromatic heterocycles. The molecule has 2 heterocycles. The number of aromatic nitrogens is 4. The molecule has 20 heavy (non-hydrogen) atoms. The highest BCUT2D eigenvalue weighted by Gasteiger charge is 2.07. The summed E-state index contributed by atoms with van der Waals surface area (Å²) in [5.41, 5.74) is 4.22. The van der Waals surface area contributed by atoms with Gasteiger partial charge in [-0.2, -0.15) is 4.98 Å². The van der Waals surface area contributed by atoms with Crippen LogP contribution in [-0.2, 0) is 7.05 Å². The van der Waals surface area contributed by atoms with E-state index in [9.17, 15) is 9.59 Å². The lowest BCUT2D eigenvalue weighted by Crippen LogP contribution is -2.33. The van der Waals surface area contributed by atoms with E-state index in [0.29, 0.717) is 15.7 Å². The average Bonchev–Trinajstić information content (AvgIpc) is 2.44. The first-order valence-electron chi connectivity index (χ1n) is 5.30. The van der Waals surface area contributed by atoms with Gasteiger partial charge in [-0.25, -0.2) is 4.98 Å². The second kappa shape index (κ2) is 5.57. The van der Waals surface area contributed by atoms with Gasteiger partial charge in [-0.15, -0.1) is 0 Å². The SMILES string of the molecule is Cn1[nH]c(=O)c(=O)nc1Sc1ccc(/C(N)=N/O)cn1. The molecule has 0 saturated heterocycles. The van der Waals surface area contributed by atoms with E-state index in [-0.39, 0.29) is 5.84 Å². The summed E-state index contributed by atoms with van der Waals surface area (Å²) in [4.78, 5) is 30.0. The average molecular weight is 294 g/mol. The van der Waals surface area contributed by atoms with Crippen molar-refractivity contribution in [2.75, 3.05) is 0 Å². The number of rotatable bonds is 3. The minimum absolute atomic E-state index is 0.0522. The standard InChI is InChI=1S/C10H10N6O3S/c1-16-10(13-8(17)9(18)14-16)20-6-3-2-5(4-12-6)7(11)15-19/h2-4,19H,1H3,(H2,11,15)(H,14,18). The fraction of sp³-hybridized carbons (Fsp3) is 0.100. The van der Waals surface area contributed by atoms with Crippen molar-refractivity contribution >= 4 is 17.6 Å². The molecular weight excluding hydrogens is 284 g/mol. The van der Waals surface area contributed by atoms with E-state index in [1.54, 1.807) is 19.2 Å². The van der Waals surface area contributed by atoms with E-state index in [4.69, 9.17) is 10.9 Å². The fourth-order valence-corrected chi connectivity index (χ4v) is 2.04. The number of hydrogen-bond donors (Lipinski definition) is 3. The minimum atomic E-state index is -0.862. The molecule has 0 aliphatic heterocycles. The molecule has 10 heteroatoms. The van der Waals surface area contributed by atoms with Crippen LogP contribution in [-0.4, -0.2) is 30.8 Å². The third-order valence-electron chi connectivity index (χ3n) is 2.28. The van der Waals surface area contributed by atoms with Crippen molar-refractivity contribution in [1.29, 1.82) is 0 Å². The second-order valence-electron chi connectivity index (χ2n) is 3.67. The van der Waals surface area contributed by atoms with E-state index >= 15 is 0 Å². The van der Waals surface area contributed by atoms with Crippen molar-refractivity contribution in [3.8, 4) is 0 Å². The maximum absolute atomic E-state index is 11.2. The highest BCUT2D eigenvalue weighted by Crippen LogP contribution is 2.21. The smallest absolute Gasteiger partial charge is 0.339 e. The van der Waals surface area contributed by atoms with Crippen molar-refractivity contribution < 1.29 is 5.21 Å². The van der Waals surface area contributed by atoms with Gasteiger partial charge in [-0.3, -0.25) is 19.4 Å². The summed E-state index contributed by atoms with van der Waals surface area (Å²) in [5, 5.41) is 14.5. The van der Waals surface area contributed by atoms with Crippen LogP contribution in [0.2, 0.25) is 0 Å². The van der Waals surface area contributed by atoms with Crippen molar-refractivity contribution in [3.63, 3.8) is 0 Å².